The van der Waals surface area contributed by atoms with Gasteiger partial charge in [-0.3, -0.25) is 9.59 Å². The lowest BCUT2D eigenvalue weighted by molar-refractivity contribution is -0.127. The van der Waals surface area contributed by atoms with Gasteiger partial charge < -0.3 is 16.0 Å². The third-order valence-electron chi connectivity index (χ3n) is 3.83. The van der Waals surface area contributed by atoms with Crippen molar-refractivity contribution < 1.29 is 9.59 Å². The van der Waals surface area contributed by atoms with Crippen LogP contribution in [0.2, 0.25) is 0 Å². The molecule has 2 fully saturated rings. The molecule has 20 heavy (non-hydrogen) atoms. The summed E-state index contributed by atoms with van der Waals surface area (Å²) in [6.07, 6.45) is 4.61. The SMILES string of the molecule is N#C[C@H](C[C@@H]1CCCNC1=O)NC(=O)CNCC1CC1. The molecule has 3 N–H and O–H groups in total. The van der Waals surface area contributed by atoms with Crippen molar-refractivity contribution in [3.8, 4) is 6.07 Å². The van der Waals surface area contributed by atoms with E-state index in [2.05, 4.69) is 22.0 Å². The second-order valence-electron chi connectivity index (χ2n) is 5.69. The van der Waals surface area contributed by atoms with E-state index < -0.39 is 6.04 Å². The first-order valence-electron chi connectivity index (χ1n) is 7.36. The first-order valence-corrected chi connectivity index (χ1v) is 7.36. The number of nitriles is 1. The van der Waals surface area contributed by atoms with Crippen LogP contribution in [0.25, 0.3) is 0 Å². The second kappa shape index (κ2) is 7.25. The Morgan fingerprint density at radius 2 is 2.25 bits per heavy atom. The van der Waals surface area contributed by atoms with Gasteiger partial charge in [-0.1, -0.05) is 0 Å². The number of hydrogen-bond acceptors (Lipinski definition) is 4. The molecule has 1 saturated carbocycles. The number of amides is 2. The summed E-state index contributed by atoms with van der Waals surface area (Å²) in [4.78, 5) is 23.4. The molecule has 0 unspecified atom stereocenters. The van der Waals surface area contributed by atoms with E-state index in [-0.39, 0.29) is 24.3 Å². The number of hydrogen-bond donors (Lipinski definition) is 3. The molecule has 0 aromatic heterocycles. The zero-order valence-electron chi connectivity index (χ0n) is 11.7. The van der Waals surface area contributed by atoms with Crippen LogP contribution in [0, 0.1) is 23.2 Å². The number of carbonyl (C=O) groups is 2. The Morgan fingerprint density at radius 1 is 1.45 bits per heavy atom. The van der Waals surface area contributed by atoms with Crippen molar-refractivity contribution in [1.29, 1.82) is 5.26 Å². The lowest BCUT2D eigenvalue weighted by atomic mass is 9.92. The molecule has 110 valence electrons. The van der Waals surface area contributed by atoms with E-state index in [4.69, 9.17) is 5.26 Å². The number of nitrogens with zero attached hydrogens (tertiary/aromatic N) is 1. The Labute approximate surface area is 119 Å². The number of nitrogens with one attached hydrogen (secondary N) is 3. The molecule has 2 atom stereocenters. The molecule has 6 nitrogen and oxygen atoms in total. The van der Waals surface area contributed by atoms with E-state index in [9.17, 15) is 9.59 Å². The molecule has 6 heteroatoms. The molecule has 0 aromatic rings. The molecule has 2 rings (SSSR count). The molecule has 0 bridgehead atoms. The summed E-state index contributed by atoms with van der Waals surface area (Å²) in [7, 11) is 0. The molecule has 1 aliphatic carbocycles. The third-order valence-corrected chi connectivity index (χ3v) is 3.83. The van der Waals surface area contributed by atoms with Crippen molar-refractivity contribution >= 4 is 11.8 Å². The number of carbonyl (C=O) groups excluding carboxylic acids is 2. The van der Waals surface area contributed by atoms with Crippen molar-refractivity contribution in [3.05, 3.63) is 0 Å². The van der Waals surface area contributed by atoms with E-state index in [1.807, 2.05) is 0 Å². The molecule has 1 saturated heterocycles. The highest BCUT2D eigenvalue weighted by Crippen LogP contribution is 2.27. The lowest BCUT2D eigenvalue weighted by Crippen LogP contribution is -2.44. The van der Waals surface area contributed by atoms with Crippen LogP contribution in [0.5, 0.6) is 0 Å². The van der Waals surface area contributed by atoms with Gasteiger partial charge in [0.2, 0.25) is 11.8 Å². The first kappa shape index (κ1) is 14.8. The maximum Gasteiger partial charge on any atom is 0.234 e. The quantitative estimate of drug-likeness (QED) is 0.606. The molecule has 1 heterocycles. The molecular formula is C14H22N4O2. The molecule has 0 radical (unpaired) electrons. The minimum absolute atomic E-state index is 0.00222. The Bertz CT molecular complexity index is 400. The van der Waals surface area contributed by atoms with Gasteiger partial charge in [0.25, 0.3) is 0 Å². The summed E-state index contributed by atoms with van der Waals surface area (Å²) in [6.45, 7) is 1.82. The number of rotatable bonds is 7. The van der Waals surface area contributed by atoms with Gasteiger partial charge in [-0.05, 0) is 44.6 Å². The van der Waals surface area contributed by atoms with Crippen LogP contribution in [-0.4, -0.2) is 37.5 Å². The zero-order chi connectivity index (χ0) is 14.4. The van der Waals surface area contributed by atoms with E-state index >= 15 is 0 Å². The Morgan fingerprint density at radius 3 is 2.90 bits per heavy atom. The summed E-state index contributed by atoms with van der Waals surface area (Å²) in [5.41, 5.74) is 0. The van der Waals surface area contributed by atoms with Crippen molar-refractivity contribution in [3.63, 3.8) is 0 Å². The van der Waals surface area contributed by atoms with Gasteiger partial charge in [-0.25, -0.2) is 0 Å². The summed E-state index contributed by atoms with van der Waals surface area (Å²) >= 11 is 0. The van der Waals surface area contributed by atoms with Crippen molar-refractivity contribution in [2.45, 2.75) is 38.1 Å². The Hall–Kier alpha value is -1.61. The third kappa shape index (κ3) is 4.82. The van der Waals surface area contributed by atoms with Gasteiger partial charge in [0.1, 0.15) is 6.04 Å². The largest absolute Gasteiger partial charge is 0.356 e. The van der Waals surface area contributed by atoms with E-state index in [0.29, 0.717) is 13.0 Å². The number of piperidine rings is 1. The highest BCUT2D eigenvalue weighted by Gasteiger charge is 2.26. The van der Waals surface area contributed by atoms with Crippen molar-refractivity contribution in [2.24, 2.45) is 11.8 Å². The summed E-state index contributed by atoms with van der Waals surface area (Å²) in [5.74, 6) is 0.389. The monoisotopic (exact) mass is 278 g/mol. The van der Waals surface area contributed by atoms with Crippen LogP contribution in [0.4, 0.5) is 0 Å². The minimum Gasteiger partial charge on any atom is -0.356 e. The topological polar surface area (TPSA) is 94.0 Å². The molecule has 0 aromatic carbocycles. The van der Waals surface area contributed by atoms with Gasteiger partial charge in [0.15, 0.2) is 0 Å². The van der Waals surface area contributed by atoms with Crippen LogP contribution in [0.15, 0.2) is 0 Å². The molecule has 2 aliphatic rings. The predicted octanol–water partition coefficient (Wildman–Crippen LogP) is -0.0893. The average molecular weight is 278 g/mol. The molecule has 2 amide bonds. The maximum absolute atomic E-state index is 11.7. The molecular weight excluding hydrogens is 256 g/mol. The van der Waals surface area contributed by atoms with E-state index in [1.165, 1.54) is 12.8 Å². The minimum atomic E-state index is -0.584. The summed E-state index contributed by atoms with van der Waals surface area (Å²) in [6, 6.07) is 1.49. The fourth-order valence-corrected chi connectivity index (χ4v) is 2.45. The van der Waals surface area contributed by atoms with Gasteiger partial charge in [-0.2, -0.15) is 5.26 Å². The van der Waals surface area contributed by atoms with Crippen LogP contribution in [-0.2, 0) is 9.59 Å². The van der Waals surface area contributed by atoms with Crippen LogP contribution < -0.4 is 16.0 Å². The lowest BCUT2D eigenvalue weighted by Gasteiger charge is -2.23. The van der Waals surface area contributed by atoms with Gasteiger partial charge >= 0.3 is 0 Å². The average Bonchev–Trinajstić information content (AvgIpc) is 3.24. The Balaban J connectivity index is 1.68. The molecule has 1 aliphatic heterocycles. The highest BCUT2D eigenvalue weighted by molar-refractivity contribution is 5.80. The predicted molar refractivity (Wildman–Crippen MR) is 73.5 cm³/mol. The van der Waals surface area contributed by atoms with Crippen molar-refractivity contribution in [2.75, 3.05) is 19.6 Å². The first-order chi connectivity index (χ1) is 9.69. The fourth-order valence-electron chi connectivity index (χ4n) is 2.45. The summed E-state index contributed by atoms with van der Waals surface area (Å²) in [5, 5.41) is 17.7. The van der Waals surface area contributed by atoms with Gasteiger partial charge in [-0.15, -0.1) is 0 Å². The fraction of sp³-hybridized carbons (Fsp3) is 0.786. The highest BCUT2D eigenvalue weighted by atomic mass is 16.2. The van der Waals surface area contributed by atoms with E-state index in [1.54, 1.807) is 0 Å². The van der Waals surface area contributed by atoms with Crippen LogP contribution in [0.3, 0.4) is 0 Å². The Kier molecular flexibility index (Phi) is 5.36. The van der Waals surface area contributed by atoms with Gasteiger partial charge in [0, 0.05) is 12.5 Å². The zero-order valence-corrected chi connectivity index (χ0v) is 11.7. The molecule has 0 spiro atoms. The van der Waals surface area contributed by atoms with Gasteiger partial charge in [0.05, 0.1) is 12.6 Å². The van der Waals surface area contributed by atoms with E-state index in [0.717, 1.165) is 25.3 Å². The van der Waals surface area contributed by atoms with Crippen molar-refractivity contribution in [1.82, 2.24) is 16.0 Å². The van der Waals surface area contributed by atoms with Crippen LogP contribution >= 0.6 is 0 Å². The normalized spacial score (nSPS) is 23.6. The maximum atomic E-state index is 11.7. The van der Waals surface area contributed by atoms with Crippen LogP contribution in [0.1, 0.15) is 32.1 Å². The summed E-state index contributed by atoms with van der Waals surface area (Å²) < 4.78 is 0. The smallest absolute Gasteiger partial charge is 0.234 e. The second-order valence-corrected chi connectivity index (χ2v) is 5.69. The standard InChI is InChI=1S/C14H22N4O2/c15-7-12(6-11-2-1-5-17-14(11)20)18-13(19)9-16-8-10-3-4-10/h10-12,16H,1-6,8-9H2,(H,17,20)(H,18,19)/t11-,12-/m0/s1.